The van der Waals surface area contributed by atoms with E-state index >= 15 is 0 Å². The standard InChI is InChI=1S/C12H22N2O/c1-4-5-6-7-8-12(15)11-9-13-14(3)10(11)2/h9,12,15H,4-8H2,1-3H3. The molecule has 0 bridgehead atoms. The van der Waals surface area contributed by atoms with Gasteiger partial charge in [0.2, 0.25) is 0 Å². The molecule has 0 aliphatic carbocycles. The van der Waals surface area contributed by atoms with Crippen LogP contribution in [0.25, 0.3) is 0 Å². The van der Waals surface area contributed by atoms with Gasteiger partial charge in [-0.05, 0) is 13.3 Å². The second-order valence-electron chi connectivity index (χ2n) is 4.17. The van der Waals surface area contributed by atoms with Crippen LogP contribution in [-0.2, 0) is 7.05 Å². The third kappa shape index (κ3) is 3.34. The van der Waals surface area contributed by atoms with E-state index in [0.717, 1.165) is 24.1 Å². The molecule has 1 unspecified atom stereocenters. The first-order chi connectivity index (χ1) is 7.16. The molecule has 0 saturated carbocycles. The summed E-state index contributed by atoms with van der Waals surface area (Å²) in [4.78, 5) is 0. The van der Waals surface area contributed by atoms with E-state index in [9.17, 15) is 5.11 Å². The summed E-state index contributed by atoms with van der Waals surface area (Å²) in [6.45, 7) is 4.19. The van der Waals surface area contributed by atoms with Gasteiger partial charge in [-0.15, -0.1) is 0 Å². The van der Waals surface area contributed by atoms with Gasteiger partial charge in [0, 0.05) is 18.3 Å². The summed E-state index contributed by atoms with van der Waals surface area (Å²) >= 11 is 0. The van der Waals surface area contributed by atoms with Gasteiger partial charge in [0.05, 0.1) is 12.3 Å². The number of aliphatic hydroxyl groups excluding tert-OH is 1. The number of unbranched alkanes of at least 4 members (excludes halogenated alkanes) is 3. The Hall–Kier alpha value is -0.830. The third-order valence-electron chi connectivity index (χ3n) is 2.96. The fraction of sp³-hybridized carbons (Fsp3) is 0.750. The van der Waals surface area contributed by atoms with Crippen molar-refractivity contribution >= 4 is 0 Å². The monoisotopic (exact) mass is 210 g/mol. The predicted molar refractivity (Wildman–Crippen MR) is 61.7 cm³/mol. The number of hydrogen-bond acceptors (Lipinski definition) is 2. The van der Waals surface area contributed by atoms with Crippen molar-refractivity contribution in [2.45, 2.75) is 52.1 Å². The van der Waals surface area contributed by atoms with Crippen molar-refractivity contribution in [1.82, 2.24) is 9.78 Å². The predicted octanol–water partition coefficient (Wildman–Crippen LogP) is 2.73. The largest absolute Gasteiger partial charge is 0.388 e. The van der Waals surface area contributed by atoms with Gasteiger partial charge in [0.25, 0.3) is 0 Å². The molecule has 0 radical (unpaired) electrons. The van der Waals surface area contributed by atoms with Crippen molar-refractivity contribution in [3.05, 3.63) is 17.5 Å². The summed E-state index contributed by atoms with van der Waals surface area (Å²) < 4.78 is 1.81. The lowest BCUT2D eigenvalue weighted by atomic mass is 10.0. The second kappa shape index (κ2) is 5.91. The zero-order valence-electron chi connectivity index (χ0n) is 10.0. The molecule has 1 N–H and O–H groups in total. The molecule has 0 amide bonds. The molecule has 0 aromatic carbocycles. The molecule has 3 nitrogen and oxygen atoms in total. The molecule has 0 fully saturated rings. The Kier molecular flexibility index (Phi) is 4.82. The third-order valence-corrected chi connectivity index (χ3v) is 2.96. The van der Waals surface area contributed by atoms with E-state index in [-0.39, 0.29) is 6.10 Å². The lowest BCUT2D eigenvalue weighted by Gasteiger charge is -2.09. The Bertz CT molecular complexity index is 294. The van der Waals surface area contributed by atoms with Gasteiger partial charge >= 0.3 is 0 Å². The maximum atomic E-state index is 9.96. The molecule has 3 heteroatoms. The van der Waals surface area contributed by atoms with Crippen molar-refractivity contribution in [3.63, 3.8) is 0 Å². The Morgan fingerprint density at radius 1 is 1.40 bits per heavy atom. The van der Waals surface area contributed by atoms with Crippen molar-refractivity contribution in [2.24, 2.45) is 7.05 Å². The molecule has 86 valence electrons. The summed E-state index contributed by atoms with van der Waals surface area (Å²) in [6, 6.07) is 0. The van der Waals surface area contributed by atoms with Crippen LogP contribution in [0.1, 0.15) is 56.4 Å². The summed E-state index contributed by atoms with van der Waals surface area (Å²) in [5, 5.41) is 14.1. The zero-order valence-corrected chi connectivity index (χ0v) is 10.0. The number of nitrogens with zero attached hydrogens (tertiary/aromatic N) is 2. The van der Waals surface area contributed by atoms with Crippen molar-refractivity contribution in [3.8, 4) is 0 Å². The fourth-order valence-corrected chi connectivity index (χ4v) is 1.76. The summed E-state index contributed by atoms with van der Waals surface area (Å²) in [5.74, 6) is 0. The molecule has 1 atom stereocenters. The van der Waals surface area contributed by atoms with Crippen LogP contribution in [-0.4, -0.2) is 14.9 Å². The molecule has 0 aliphatic heterocycles. The number of aryl methyl sites for hydroxylation is 1. The van der Waals surface area contributed by atoms with E-state index in [0.29, 0.717) is 0 Å². The maximum absolute atomic E-state index is 9.96. The first kappa shape index (κ1) is 12.2. The highest BCUT2D eigenvalue weighted by atomic mass is 16.3. The summed E-state index contributed by atoms with van der Waals surface area (Å²) in [6.07, 6.45) is 7.11. The molecule has 0 spiro atoms. The van der Waals surface area contributed by atoms with Crippen LogP contribution in [0.4, 0.5) is 0 Å². The Balaban J connectivity index is 2.40. The van der Waals surface area contributed by atoms with Gasteiger partial charge < -0.3 is 5.11 Å². The normalized spacial score (nSPS) is 13.1. The minimum atomic E-state index is -0.337. The summed E-state index contributed by atoms with van der Waals surface area (Å²) in [5.41, 5.74) is 2.05. The molecular formula is C12H22N2O. The van der Waals surface area contributed by atoms with Crippen LogP contribution >= 0.6 is 0 Å². The Morgan fingerprint density at radius 2 is 2.13 bits per heavy atom. The molecule has 15 heavy (non-hydrogen) atoms. The van der Waals surface area contributed by atoms with E-state index in [1.165, 1.54) is 19.3 Å². The van der Waals surface area contributed by atoms with Gasteiger partial charge in [0.15, 0.2) is 0 Å². The minimum Gasteiger partial charge on any atom is -0.388 e. The second-order valence-corrected chi connectivity index (χ2v) is 4.17. The van der Waals surface area contributed by atoms with E-state index in [4.69, 9.17) is 0 Å². The first-order valence-electron chi connectivity index (χ1n) is 5.83. The van der Waals surface area contributed by atoms with Gasteiger partial charge in [-0.2, -0.15) is 5.10 Å². The average Bonchev–Trinajstić information content (AvgIpc) is 2.55. The maximum Gasteiger partial charge on any atom is 0.0823 e. The summed E-state index contributed by atoms with van der Waals surface area (Å²) in [7, 11) is 1.91. The highest BCUT2D eigenvalue weighted by molar-refractivity contribution is 5.18. The van der Waals surface area contributed by atoms with E-state index in [2.05, 4.69) is 12.0 Å². The van der Waals surface area contributed by atoms with Crippen LogP contribution in [0.3, 0.4) is 0 Å². The smallest absolute Gasteiger partial charge is 0.0823 e. The van der Waals surface area contributed by atoms with E-state index in [1.807, 2.05) is 18.7 Å². The fourth-order valence-electron chi connectivity index (χ4n) is 1.76. The first-order valence-corrected chi connectivity index (χ1v) is 5.83. The SMILES string of the molecule is CCCCCCC(O)c1cnn(C)c1C. The molecule has 1 heterocycles. The van der Waals surface area contributed by atoms with Crippen LogP contribution in [0.5, 0.6) is 0 Å². The highest BCUT2D eigenvalue weighted by Gasteiger charge is 2.12. The van der Waals surface area contributed by atoms with Gasteiger partial charge in [-0.1, -0.05) is 32.6 Å². The quantitative estimate of drug-likeness (QED) is 0.733. The van der Waals surface area contributed by atoms with Gasteiger partial charge in [-0.25, -0.2) is 0 Å². The lowest BCUT2D eigenvalue weighted by Crippen LogP contribution is -2.00. The molecule has 0 saturated heterocycles. The van der Waals surface area contributed by atoms with Crippen molar-refractivity contribution < 1.29 is 5.11 Å². The molecule has 1 rings (SSSR count). The van der Waals surface area contributed by atoms with Crippen LogP contribution in [0.2, 0.25) is 0 Å². The Labute approximate surface area is 92.1 Å². The van der Waals surface area contributed by atoms with E-state index < -0.39 is 0 Å². The van der Waals surface area contributed by atoms with Crippen LogP contribution < -0.4 is 0 Å². The molecule has 0 aliphatic rings. The van der Waals surface area contributed by atoms with Crippen molar-refractivity contribution in [2.75, 3.05) is 0 Å². The minimum absolute atomic E-state index is 0.337. The van der Waals surface area contributed by atoms with Crippen LogP contribution in [0.15, 0.2) is 6.20 Å². The Morgan fingerprint density at radius 3 is 2.67 bits per heavy atom. The average molecular weight is 210 g/mol. The lowest BCUT2D eigenvalue weighted by molar-refractivity contribution is 0.162. The van der Waals surface area contributed by atoms with Crippen LogP contribution in [0, 0.1) is 6.92 Å². The topological polar surface area (TPSA) is 38.1 Å². The molecule has 1 aromatic rings. The number of rotatable bonds is 6. The number of aromatic nitrogens is 2. The highest BCUT2D eigenvalue weighted by Crippen LogP contribution is 2.22. The zero-order chi connectivity index (χ0) is 11.3. The van der Waals surface area contributed by atoms with Crippen molar-refractivity contribution in [1.29, 1.82) is 0 Å². The molecule has 1 aromatic heterocycles. The van der Waals surface area contributed by atoms with E-state index in [1.54, 1.807) is 6.20 Å². The number of aliphatic hydroxyl groups is 1. The van der Waals surface area contributed by atoms with Gasteiger partial charge in [0.1, 0.15) is 0 Å². The van der Waals surface area contributed by atoms with Gasteiger partial charge in [-0.3, -0.25) is 4.68 Å². The molecular weight excluding hydrogens is 188 g/mol. The number of hydrogen-bond donors (Lipinski definition) is 1.